The van der Waals surface area contributed by atoms with Crippen LogP contribution in [0.15, 0.2) is 35.8 Å². The summed E-state index contributed by atoms with van der Waals surface area (Å²) in [5.74, 6) is 4.47. The van der Waals surface area contributed by atoms with Crippen LogP contribution in [0.25, 0.3) is 0 Å². The molecule has 0 saturated heterocycles. The quantitative estimate of drug-likeness (QED) is 0.252. The molecule has 2 rings (SSSR count). The average Bonchev–Trinajstić information content (AvgIpc) is 3.13. The molecule has 0 amide bonds. The van der Waals surface area contributed by atoms with E-state index in [9.17, 15) is 4.79 Å². The normalized spacial score (nSPS) is 15.4. The topological polar surface area (TPSA) is 120 Å². The minimum Gasteiger partial charge on any atom is -0.490 e. The van der Waals surface area contributed by atoms with Gasteiger partial charge in [-0.15, -0.1) is 0 Å². The maximum Gasteiger partial charge on any atom is 0.358 e. The van der Waals surface area contributed by atoms with Crippen molar-refractivity contribution < 1.29 is 19.4 Å². The summed E-state index contributed by atoms with van der Waals surface area (Å²) in [7, 11) is 0. The molecule has 0 atom stereocenters. The number of carboxylic acid groups (broad SMARTS) is 1. The molecule has 0 aromatic heterocycles. The van der Waals surface area contributed by atoms with Crippen molar-refractivity contribution in [3.63, 3.8) is 0 Å². The van der Waals surface area contributed by atoms with Crippen molar-refractivity contribution >= 4 is 5.97 Å². The number of nitrogens with one attached hydrogen (secondary N) is 1. The number of aliphatic carboxylic acids is 1. The lowest BCUT2D eigenvalue weighted by Gasteiger charge is -2.10. The molecule has 19 heavy (non-hydrogen) atoms. The summed E-state index contributed by atoms with van der Waals surface area (Å²) < 4.78 is 10.8. The third kappa shape index (κ3) is 3.52. The molecule has 0 aliphatic heterocycles. The Kier molecular flexibility index (Phi) is 3.76. The van der Waals surface area contributed by atoms with Crippen molar-refractivity contribution in [2.24, 2.45) is 11.6 Å². The first-order valence-electron chi connectivity index (χ1n) is 5.74. The molecular weight excluding hydrogens is 250 g/mol. The SMILES string of the molecule is NN/C(C(=O)O)=C(\N)Oc1cccc(OC2CC2)c1. The van der Waals surface area contributed by atoms with Gasteiger partial charge in [0, 0.05) is 6.07 Å². The first-order chi connectivity index (χ1) is 9.10. The van der Waals surface area contributed by atoms with E-state index in [0.717, 1.165) is 12.8 Å². The predicted molar refractivity (Wildman–Crippen MR) is 66.9 cm³/mol. The van der Waals surface area contributed by atoms with Crippen LogP contribution in [0.2, 0.25) is 0 Å². The Morgan fingerprint density at radius 3 is 2.63 bits per heavy atom. The lowest BCUT2D eigenvalue weighted by Crippen LogP contribution is -2.31. The van der Waals surface area contributed by atoms with Gasteiger partial charge in [-0.2, -0.15) is 0 Å². The summed E-state index contributed by atoms with van der Waals surface area (Å²) in [5.41, 5.74) is 7.09. The number of carboxylic acids is 1. The molecule has 1 aliphatic carbocycles. The number of rotatable bonds is 6. The van der Waals surface area contributed by atoms with Crippen LogP contribution in [0.4, 0.5) is 0 Å². The summed E-state index contributed by atoms with van der Waals surface area (Å²) >= 11 is 0. The molecule has 1 aromatic rings. The van der Waals surface area contributed by atoms with Gasteiger partial charge in [0.1, 0.15) is 11.5 Å². The van der Waals surface area contributed by atoms with Crippen LogP contribution in [0, 0.1) is 0 Å². The predicted octanol–water partition coefficient (Wildman–Crippen LogP) is 0.282. The Morgan fingerprint density at radius 2 is 2.05 bits per heavy atom. The average molecular weight is 265 g/mol. The minimum absolute atomic E-state index is 0.267. The number of ether oxygens (including phenoxy) is 2. The standard InChI is InChI=1S/C12H15N3O4/c13-11(10(15-14)12(16)17)19-9-3-1-2-8(6-9)18-7-4-5-7/h1-3,6-7,15H,4-5,13-14H2,(H,16,17)/b11-10+. The highest BCUT2D eigenvalue weighted by molar-refractivity contribution is 5.86. The van der Waals surface area contributed by atoms with Crippen molar-refractivity contribution in [3.8, 4) is 11.5 Å². The first kappa shape index (κ1) is 13.0. The molecule has 0 spiro atoms. The van der Waals surface area contributed by atoms with Crippen LogP contribution in [-0.4, -0.2) is 17.2 Å². The number of hydrogen-bond donors (Lipinski definition) is 4. The van der Waals surface area contributed by atoms with Gasteiger partial charge in [0.05, 0.1) is 6.10 Å². The number of nitrogens with two attached hydrogens (primary N) is 2. The largest absolute Gasteiger partial charge is 0.490 e. The lowest BCUT2D eigenvalue weighted by atomic mass is 10.3. The molecule has 102 valence electrons. The Labute approximate surface area is 109 Å². The van der Waals surface area contributed by atoms with E-state index in [4.69, 9.17) is 26.2 Å². The second kappa shape index (κ2) is 5.49. The van der Waals surface area contributed by atoms with Gasteiger partial charge in [-0.3, -0.25) is 5.84 Å². The molecule has 6 N–H and O–H groups in total. The molecule has 0 unspecified atom stereocenters. The molecule has 0 heterocycles. The molecule has 1 saturated carbocycles. The fourth-order valence-electron chi connectivity index (χ4n) is 1.41. The molecule has 7 nitrogen and oxygen atoms in total. The second-order valence-corrected chi connectivity index (χ2v) is 4.08. The summed E-state index contributed by atoms with van der Waals surface area (Å²) in [6, 6.07) is 6.81. The van der Waals surface area contributed by atoms with Crippen molar-refractivity contribution in [2.75, 3.05) is 0 Å². The van der Waals surface area contributed by atoms with Crippen molar-refractivity contribution in [1.82, 2.24) is 5.43 Å². The number of hydrogen-bond acceptors (Lipinski definition) is 6. The van der Waals surface area contributed by atoms with E-state index < -0.39 is 11.7 Å². The van der Waals surface area contributed by atoms with Gasteiger partial charge >= 0.3 is 5.97 Å². The Hall–Kier alpha value is -2.41. The smallest absolute Gasteiger partial charge is 0.358 e. The van der Waals surface area contributed by atoms with Gasteiger partial charge in [-0.25, -0.2) is 4.79 Å². The van der Waals surface area contributed by atoms with E-state index in [-0.39, 0.29) is 12.0 Å². The minimum atomic E-state index is -1.30. The van der Waals surface area contributed by atoms with Crippen molar-refractivity contribution in [1.29, 1.82) is 0 Å². The van der Waals surface area contributed by atoms with Crippen molar-refractivity contribution in [3.05, 3.63) is 35.8 Å². The highest BCUT2D eigenvalue weighted by atomic mass is 16.5. The number of benzene rings is 1. The summed E-state index contributed by atoms with van der Waals surface area (Å²) in [4.78, 5) is 10.8. The van der Waals surface area contributed by atoms with Gasteiger partial charge in [-0.1, -0.05) is 6.07 Å². The maximum atomic E-state index is 10.8. The van der Waals surface area contributed by atoms with Crippen LogP contribution >= 0.6 is 0 Å². The molecule has 0 radical (unpaired) electrons. The third-order valence-corrected chi connectivity index (χ3v) is 2.47. The van der Waals surface area contributed by atoms with Gasteiger partial charge in [-0.05, 0) is 25.0 Å². The fraction of sp³-hybridized carbons (Fsp3) is 0.250. The van der Waals surface area contributed by atoms with Crippen LogP contribution < -0.4 is 26.5 Å². The number of hydrazine groups is 1. The summed E-state index contributed by atoms with van der Waals surface area (Å²) in [5, 5.41) is 8.82. The summed E-state index contributed by atoms with van der Waals surface area (Å²) in [6.07, 6.45) is 2.37. The van der Waals surface area contributed by atoms with E-state index in [1.54, 1.807) is 24.3 Å². The molecule has 1 aliphatic rings. The van der Waals surface area contributed by atoms with E-state index in [2.05, 4.69) is 0 Å². The zero-order valence-corrected chi connectivity index (χ0v) is 10.1. The fourth-order valence-corrected chi connectivity index (χ4v) is 1.41. The highest BCUT2D eigenvalue weighted by Crippen LogP contribution is 2.29. The zero-order valence-electron chi connectivity index (χ0n) is 10.1. The van der Waals surface area contributed by atoms with Crippen LogP contribution in [0.3, 0.4) is 0 Å². The molecule has 0 bridgehead atoms. The first-order valence-corrected chi connectivity index (χ1v) is 5.74. The third-order valence-electron chi connectivity index (χ3n) is 2.47. The lowest BCUT2D eigenvalue weighted by molar-refractivity contribution is -0.133. The van der Waals surface area contributed by atoms with E-state index in [0.29, 0.717) is 11.5 Å². The summed E-state index contributed by atoms with van der Waals surface area (Å²) in [6.45, 7) is 0. The van der Waals surface area contributed by atoms with Gasteiger partial charge in [0.25, 0.3) is 0 Å². The Bertz CT molecular complexity index is 511. The van der Waals surface area contributed by atoms with Crippen LogP contribution in [0.5, 0.6) is 11.5 Å². The van der Waals surface area contributed by atoms with E-state index in [1.165, 1.54) is 0 Å². The molecule has 1 fully saturated rings. The van der Waals surface area contributed by atoms with Crippen molar-refractivity contribution in [2.45, 2.75) is 18.9 Å². The Balaban J connectivity index is 2.11. The number of carbonyl (C=O) groups is 1. The second-order valence-electron chi connectivity index (χ2n) is 4.08. The van der Waals surface area contributed by atoms with E-state index >= 15 is 0 Å². The van der Waals surface area contributed by atoms with Gasteiger partial charge in [0.2, 0.25) is 5.88 Å². The Morgan fingerprint density at radius 1 is 1.37 bits per heavy atom. The monoisotopic (exact) mass is 265 g/mol. The molecule has 7 heteroatoms. The van der Waals surface area contributed by atoms with Crippen LogP contribution in [-0.2, 0) is 4.79 Å². The zero-order chi connectivity index (χ0) is 13.8. The highest BCUT2D eigenvalue weighted by Gasteiger charge is 2.23. The molecule has 1 aromatic carbocycles. The van der Waals surface area contributed by atoms with Crippen LogP contribution in [0.1, 0.15) is 12.8 Å². The van der Waals surface area contributed by atoms with E-state index in [1.807, 2.05) is 5.43 Å². The maximum absolute atomic E-state index is 10.8. The van der Waals surface area contributed by atoms with Gasteiger partial charge in [0.15, 0.2) is 5.70 Å². The van der Waals surface area contributed by atoms with Gasteiger partial charge < -0.3 is 25.7 Å². The molecular formula is C12H15N3O4.